The largest absolute Gasteiger partial charge is 0.433 e. The van der Waals surface area contributed by atoms with Crippen molar-refractivity contribution in [2.45, 2.75) is 11.3 Å². The summed E-state index contributed by atoms with van der Waals surface area (Å²) >= 11 is 0.708. The van der Waals surface area contributed by atoms with Gasteiger partial charge in [-0.1, -0.05) is 11.8 Å². The van der Waals surface area contributed by atoms with Gasteiger partial charge in [0.05, 0.1) is 12.3 Å². The van der Waals surface area contributed by atoms with Crippen LogP contribution in [0.2, 0.25) is 0 Å². The summed E-state index contributed by atoms with van der Waals surface area (Å²) in [5.41, 5.74) is -0.744. The Bertz CT molecular complexity index is 784. The van der Waals surface area contributed by atoms with Crippen LogP contribution in [0, 0.1) is 5.82 Å². The first-order valence-electron chi connectivity index (χ1n) is 7.09. The summed E-state index contributed by atoms with van der Waals surface area (Å²) in [5, 5.41) is 4.55. The number of rotatable bonds is 6. The molecule has 2 amide bonds. The highest BCUT2D eigenvalue weighted by molar-refractivity contribution is 7.99. The third-order valence-electron chi connectivity index (χ3n) is 2.83. The summed E-state index contributed by atoms with van der Waals surface area (Å²) in [6.45, 7) is -0.347. The Kier molecular flexibility index (Phi) is 6.50. The molecular weight excluding hydrogens is 376 g/mol. The van der Waals surface area contributed by atoms with E-state index in [0.717, 1.165) is 12.3 Å². The molecule has 11 heteroatoms. The lowest BCUT2D eigenvalue weighted by molar-refractivity contribution is -0.141. The molecule has 2 aromatic rings. The molecule has 0 unspecified atom stereocenters. The Balaban J connectivity index is 1.77. The van der Waals surface area contributed by atoms with Crippen LogP contribution in [0.5, 0.6) is 0 Å². The lowest BCUT2D eigenvalue weighted by Crippen LogP contribution is -2.33. The van der Waals surface area contributed by atoms with E-state index in [0.29, 0.717) is 17.4 Å². The highest BCUT2D eigenvalue weighted by atomic mass is 32.2. The molecule has 2 N–H and O–H groups in total. The van der Waals surface area contributed by atoms with Gasteiger partial charge in [0.25, 0.3) is 0 Å². The zero-order valence-electron chi connectivity index (χ0n) is 13.0. The summed E-state index contributed by atoms with van der Waals surface area (Å²) in [5.74, 6) is -1.83. The van der Waals surface area contributed by atoms with Crippen molar-refractivity contribution in [2.75, 3.05) is 17.6 Å². The molecule has 0 radical (unpaired) electrons. The third kappa shape index (κ3) is 6.31. The standard InChI is InChI=1S/C15H12F4N4O2S/c16-9-1-3-10(4-2-9)22-12(24)7-21-13(25)8-26-14-20-6-5-11(23-14)15(17,18)19/h1-6H,7-8H2,(H,21,25)(H,22,24). The molecule has 1 aromatic heterocycles. The summed E-state index contributed by atoms with van der Waals surface area (Å²) in [7, 11) is 0. The molecule has 6 nitrogen and oxygen atoms in total. The predicted octanol–water partition coefficient (Wildman–Crippen LogP) is 2.48. The number of amides is 2. The number of hydrogen-bond acceptors (Lipinski definition) is 5. The Morgan fingerprint density at radius 3 is 2.42 bits per heavy atom. The summed E-state index contributed by atoms with van der Waals surface area (Å²) in [4.78, 5) is 30.3. The number of alkyl halides is 3. The minimum absolute atomic E-state index is 0.203. The molecule has 0 fully saturated rings. The highest BCUT2D eigenvalue weighted by Gasteiger charge is 2.32. The lowest BCUT2D eigenvalue weighted by Gasteiger charge is -2.08. The number of nitrogens with zero attached hydrogens (tertiary/aromatic N) is 2. The first kappa shape index (κ1) is 19.6. The lowest BCUT2D eigenvalue weighted by atomic mass is 10.3. The summed E-state index contributed by atoms with van der Waals surface area (Å²) in [6.07, 6.45) is -3.65. The number of aromatic nitrogens is 2. The fourth-order valence-electron chi connectivity index (χ4n) is 1.67. The number of halogens is 4. The molecule has 1 heterocycles. The van der Waals surface area contributed by atoms with Crippen LogP contribution in [-0.4, -0.2) is 34.1 Å². The Hall–Kier alpha value is -2.69. The van der Waals surface area contributed by atoms with Crippen LogP contribution in [0.1, 0.15) is 5.69 Å². The molecule has 138 valence electrons. The number of benzene rings is 1. The SMILES string of the molecule is O=C(CSc1nccc(C(F)(F)F)n1)NCC(=O)Nc1ccc(F)cc1. The smallest absolute Gasteiger partial charge is 0.346 e. The third-order valence-corrected chi connectivity index (χ3v) is 3.69. The normalized spacial score (nSPS) is 11.1. The number of carbonyl (C=O) groups excluding carboxylic acids is 2. The molecule has 0 atom stereocenters. The van der Waals surface area contributed by atoms with Gasteiger partial charge in [0.15, 0.2) is 5.16 Å². The van der Waals surface area contributed by atoms with Crippen LogP contribution in [0.25, 0.3) is 0 Å². The van der Waals surface area contributed by atoms with Gasteiger partial charge >= 0.3 is 6.18 Å². The molecule has 0 bridgehead atoms. The van der Waals surface area contributed by atoms with Gasteiger partial charge in [-0.05, 0) is 30.3 Å². The van der Waals surface area contributed by atoms with Crippen LogP contribution in [0.4, 0.5) is 23.2 Å². The van der Waals surface area contributed by atoms with Gasteiger partial charge < -0.3 is 10.6 Å². The Labute approximate surface area is 149 Å². The summed E-state index contributed by atoms with van der Waals surface area (Å²) in [6, 6.07) is 5.77. The molecule has 0 aliphatic heterocycles. The average Bonchev–Trinajstić information content (AvgIpc) is 2.60. The van der Waals surface area contributed by atoms with Crippen molar-refractivity contribution in [3.05, 3.63) is 48.0 Å². The zero-order chi connectivity index (χ0) is 19.2. The van der Waals surface area contributed by atoms with E-state index in [1.807, 2.05) is 0 Å². The number of thioether (sulfide) groups is 1. The van der Waals surface area contributed by atoms with Gasteiger partial charge in [0.2, 0.25) is 11.8 Å². The van der Waals surface area contributed by atoms with E-state index >= 15 is 0 Å². The van der Waals surface area contributed by atoms with Crippen molar-refractivity contribution < 1.29 is 27.2 Å². The van der Waals surface area contributed by atoms with Crippen LogP contribution in [-0.2, 0) is 15.8 Å². The van der Waals surface area contributed by atoms with Gasteiger partial charge in [-0.15, -0.1) is 0 Å². The van der Waals surface area contributed by atoms with Gasteiger partial charge in [-0.3, -0.25) is 9.59 Å². The number of anilines is 1. The molecule has 0 saturated carbocycles. The van der Waals surface area contributed by atoms with E-state index < -0.39 is 29.5 Å². The summed E-state index contributed by atoms with van der Waals surface area (Å²) < 4.78 is 50.3. The second kappa shape index (κ2) is 8.61. The molecule has 0 spiro atoms. The Morgan fingerprint density at radius 2 is 1.77 bits per heavy atom. The van der Waals surface area contributed by atoms with Crippen molar-refractivity contribution in [3.8, 4) is 0 Å². The van der Waals surface area contributed by atoms with Crippen LogP contribution < -0.4 is 10.6 Å². The van der Waals surface area contributed by atoms with Crippen molar-refractivity contribution in [1.82, 2.24) is 15.3 Å². The first-order chi connectivity index (χ1) is 12.2. The maximum Gasteiger partial charge on any atom is 0.433 e. The van der Waals surface area contributed by atoms with E-state index in [9.17, 15) is 27.2 Å². The topological polar surface area (TPSA) is 84.0 Å². The maximum absolute atomic E-state index is 12.7. The van der Waals surface area contributed by atoms with Crippen LogP contribution in [0.3, 0.4) is 0 Å². The first-order valence-corrected chi connectivity index (χ1v) is 8.08. The average molecular weight is 388 g/mol. The van der Waals surface area contributed by atoms with Crippen molar-refractivity contribution in [1.29, 1.82) is 0 Å². The van der Waals surface area contributed by atoms with Gasteiger partial charge in [0, 0.05) is 11.9 Å². The molecule has 0 saturated heterocycles. The minimum Gasteiger partial charge on any atom is -0.346 e. The number of carbonyl (C=O) groups is 2. The van der Waals surface area contributed by atoms with Gasteiger partial charge in [-0.2, -0.15) is 13.2 Å². The van der Waals surface area contributed by atoms with E-state index in [4.69, 9.17) is 0 Å². The van der Waals surface area contributed by atoms with Crippen LogP contribution >= 0.6 is 11.8 Å². The van der Waals surface area contributed by atoms with Crippen molar-refractivity contribution in [3.63, 3.8) is 0 Å². The monoisotopic (exact) mass is 388 g/mol. The second-order valence-corrected chi connectivity index (χ2v) is 5.79. The molecule has 0 aliphatic rings. The van der Waals surface area contributed by atoms with Crippen LogP contribution in [0.15, 0.2) is 41.7 Å². The minimum atomic E-state index is -4.60. The molecule has 1 aromatic carbocycles. The number of nitrogens with one attached hydrogen (secondary N) is 2. The van der Waals surface area contributed by atoms with Gasteiger partial charge in [-0.25, -0.2) is 14.4 Å². The van der Waals surface area contributed by atoms with Crippen molar-refractivity contribution in [2.24, 2.45) is 0 Å². The Morgan fingerprint density at radius 1 is 1.08 bits per heavy atom. The van der Waals surface area contributed by atoms with E-state index in [1.165, 1.54) is 24.3 Å². The van der Waals surface area contributed by atoms with Crippen molar-refractivity contribution >= 4 is 29.3 Å². The van der Waals surface area contributed by atoms with E-state index in [2.05, 4.69) is 20.6 Å². The second-order valence-electron chi connectivity index (χ2n) is 4.84. The fraction of sp³-hybridized carbons (Fsp3) is 0.200. The highest BCUT2D eigenvalue weighted by Crippen LogP contribution is 2.28. The predicted molar refractivity (Wildman–Crippen MR) is 85.8 cm³/mol. The maximum atomic E-state index is 12.7. The zero-order valence-corrected chi connectivity index (χ0v) is 13.8. The fourth-order valence-corrected chi connectivity index (χ4v) is 2.33. The molecule has 26 heavy (non-hydrogen) atoms. The van der Waals surface area contributed by atoms with E-state index in [1.54, 1.807) is 0 Å². The molecule has 2 rings (SSSR count). The van der Waals surface area contributed by atoms with E-state index in [-0.39, 0.29) is 17.5 Å². The number of hydrogen-bond donors (Lipinski definition) is 2. The van der Waals surface area contributed by atoms with Gasteiger partial charge in [0.1, 0.15) is 11.5 Å². The molecule has 0 aliphatic carbocycles. The quantitative estimate of drug-likeness (QED) is 0.451. The molecular formula is C15H12F4N4O2S.